The lowest BCUT2D eigenvalue weighted by atomic mass is 10.2. The monoisotopic (exact) mass is 349 g/mol. The van der Waals surface area contributed by atoms with Gasteiger partial charge >= 0.3 is 6.18 Å². The topological polar surface area (TPSA) is 60.9 Å². The minimum Gasteiger partial charge on any atom is -0.392 e. The molecule has 0 atom stereocenters. The molecule has 22 heavy (non-hydrogen) atoms. The molecule has 0 aliphatic carbocycles. The molecule has 0 saturated carbocycles. The van der Waals surface area contributed by atoms with Gasteiger partial charge in [0.2, 0.25) is 0 Å². The number of halogens is 5. The van der Waals surface area contributed by atoms with Gasteiger partial charge in [-0.2, -0.15) is 13.2 Å². The number of rotatable bonds is 2. The van der Waals surface area contributed by atoms with Crippen molar-refractivity contribution in [2.24, 2.45) is 0 Å². The number of benzene rings is 1. The van der Waals surface area contributed by atoms with E-state index in [1.54, 1.807) is 0 Å². The van der Waals surface area contributed by atoms with Crippen LogP contribution in [-0.2, 0) is 6.18 Å². The zero-order valence-corrected chi connectivity index (χ0v) is 12.3. The maximum atomic E-state index is 13.0. The second-order valence-corrected chi connectivity index (χ2v) is 5.02. The van der Waals surface area contributed by atoms with E-state index in [4.69, 9.17) is 28.9 Å². The molecule has 0 saturated heterocycles. The molecule has 2 aromatic rings. The average Bonchev–Trinajstić information content (AvgIpc) is 2.40. The molecule has 0 spiro atoms. The minimum absolute atomic E-state index is 0.0351. The standard InChI is InChI=1S/C13H8Cl2F3N3O/c1-2-21-11(7-4-3-6(14)5-8(7)15)20-10(13(16,17)18)9(19)12(21)22/h2-5H,1,19H2. The van der Waals surface area contributed by atoms with Crippen LogP contribution in [0.5, 0.6) is 0 Å². The molecule has 2 N–H and O–H groups in total. The van der Waals surface area contributed by atoms with Gasteiger partial charge in [-0.1, -0.05) is 29.8 Å². The summed E-state index contributed by atoms with van der Waals surface area (Å²) in [5, 5.41) is 0.320. The summed E-state index contributed by atoms with van der Waals surface area (Å²) in [6, 6.07) is 4.08. The number of nitrogens with two attached hydrogens (primary N) is 1. The summed E-state index contributed by atoms with van der Waals surface area (Å²) in [5.41, 5.74) is 1.75. The fraction of sp³-hybridized carbons (Fsp3) is 0.0769. The van der Waals surface area contributed by atoms with Crippen molar-refractivity contribution in [3.8, 4) is 11.4 Å². The fourth-order valence-electron chi connectivity index (χ4n) is 1.79. The van der Waals surface area contributed by atoms with Crippen LogP contribution in [0.1, 0.15) is 5.69 Å². The van der Waals surface area contributed by atoms with Crippen LogP contribution < -0.4 is 11.3 Å². The van der Waals surface area contributed by atoms with Gasteiger partial charge in [0.05, 0.1) is 5.02 Å². The van der Waals surface area contributed by atoms with Crippen molar-refractivity contribution < 1.29 is 13.2 Å². The highest BCUT2D eigenvalue weighted by Gasteiger charge is 2.37. The van der Waals surface area contributed by atoms with E-state index in [0.29, 0.717) is 0 Å². The highest BCUT2D eigenvalue weighted by molar-refractivity contribution is 6.36. The number of hydrogen-bond donors (Lipinski definition) is 1. The Balaban J connectivity index is 2.88. The lowest BCUT2D eigenvalue weighted by Gasteiger charge is -2.15. The van der Waals surface area contributed by atoms with E-state index in [9.17, 15) is 18.0 Å². The zero-order chi connectivity index (χ0) is 16.7. The van der Waals surface area contributed by atoms with Crippen LogP contribution in [0.25, 0.3) is 17.6 Å². The van der Waals surface area contributed by atoms with Crippen molar-refractivity contribution in [1.82, 2.24) is 9.55 Å². The molecule has 1 aromatic heterocycles. The molecular weight excluding hydrogens is 342 g/mol. The van der Waals surface area contributed by atoms with Gasteiger partial charge in [-0.3, -0.25) is 9.36 Å². The Kier molecular flexibility index (Phi) is 4.21. The molecule has 9 heteroatoms. The third-order valence-corrected chi connectivity index (χ3v) is 3.32. The lowest BCUT2D eigenvalue weighted by Crippen LogP contribution is -2.27. The second kappa shape index (κ2) is 5.66. The highest BCUT2D eigenvalue weighted by Crippen LogP contribution is 2.34. The maximum Gasteiger partial charge on any atom is 0.435 e. The van der Waals surface area contributed by atoms with Crippen molar-refractivity contribution in [2.45, 2.75) is 6.18 Å². The third-order valence-electron chi connectivity index (χ3n) is 2.77. The summed E-state index contributed by atoms with van der Waals surface area (Å²) < 4.78 is 39.7. The first-order valence-corrected chi connectivity index (χ1v) is 6.49. The van der Waals surface area contributed by atoms with Crippen LogP contribution in [-0.4, -0.2) is 9.55 Å². The summed E-state index contributed by atoms with van der Waals surface area (Å²) in [4.78, 5) is 15.4. The van der Waals surface area contributed by atoms with Gasteiger partial charge in [-0.15, -0.1) is 0 Å². The Morgan fingerprint density at radius 2 is 1.95 bits per heavy atom. The zero-order valence-electron chi connectivity index (χ0n) is 10.8. The quantitative estimate of drug-likeness (QED) is 0.893. The normalized spacial score (nSPS) is 11.5. The molecule has 116 valence electrons. The molecule has 0 bridgehead atoms. The van der Waals surface area contributed by atoms with Gasteiger partial charge in [0, 0.05) is 16.8 Å². The third kappa shape index (κ3) is 2.82. The largest absolute Gasteiger partial charge is 0.435 e. The number of anilines is 1. The molecule has 0 amide bonds. The summed E-state index contributed by atoms with van der Waals surface area (Å²) >= 11 is 11.7. The number of nitrogens with zero attached hydrogens (tertiary/aromatic N) is 2. The van der Waals surface area contributed by atoms with E-state index in [-0.39, 0.29) is 21.4 Å². The highest BCUT2D eigenvalue weighted by atomic mass is 35.5. The van der Waals surface area contributed by atoms with Crippen molar-refractivity contribution in [2.75, 3.05) is 5.73 Å². The summed E-state index contributed by atoms with van der Waals surface area (Å²) in [7, 11) is 0. The molecule has 2 rings (SSSR count). The smallest absolute Gasteiger partial charge is 0.392 e. The Morgan fingerprint density at radius 3 is 2.45 bits per heavy atom. The minimum atomic E-state index is -4.88. The van der Waals surface area contributed by atoms with Crippen LogP contribution in [0, 0.1) is 0 Å². The van der Waals surface area contributed by atoms with Crippen molar-refractivity contribution in [1.29, 1.82) is 0 Å². The Morgan fingerprint density at radius 1 is 1.32 bits per heavy atom. The second-order valence-electron chi connectivity index (χ2n) is 4.18. The van der Waals surface area contributed by atoms with Crippen molar-refractivity contribution in [3.63, 3.8) is 0 Å². The van der Waals surface area contributed by atoms with E-state index >= 15 is 0 Å². The lowest BCUT2D eigenvalue weighted by molar-refractivity contribution is -0.140. The maximum absolute atomic E-state index is 13.0. The number of hydrogen-bond acceptors (Lipinski definition) is 3. The molecule has 1 aromatic carbocycles. The van der Waals surface area contributed by atoms with E-state index in [1.165, 1.54) is 18.2 Å². The Hall–Kier alpha value is -1.99. The van der Waals surface area contributed by atoms with Crippen molar-refractivity contribution in [3.05, 3.63) is 50.9 Å². The van der Waals surface area contributed by atoms with E-state index in [0.717, 1.165) is 10.8 Å². The molecule has 0 aliphatic heterocycles. The SMILES string of the molecule is C=Cn1c(-c2ccc(Cl)cc2Cl)nc(C(F)(F)F)c(N)c1=O. The first kappa shape index (κ1) is 16.4. The predicted octanol–water partition coefficient (Wildman–Crippen LogP) is 3.92. The Bertz CT molecular complexity index is 815. The molecule has 0 aliphatic rings. The van der Waals surface area contributed by atoms with E-state index < -0.39 is 23.1 Å². The summed E-state index contributed by atoms with van der Waals surface area (Å²) in [5.74, 6) is -0.330. The number of alkyl halides is 3. The summed E-state index contributed by atoms with van der Waals surface area (Å²) in [6.45, 7) is 3.38. The molecule has 0 radical (unpaired) electrons. The molecule has 0 fully saturated rings. The summed E-state index contributed by atoms with van der Waals surface area (Å²) in [6.07, 6.45) is -3.87. The fourth-order valence-corrected chi connectivity index (χ4v) is 2.29. The van der Waals surface area contributed by atoms with Gasteiger partial charge in [0.15, 0.2) is 5.69 Å². The molecule has 4 nitrogen and oxygen atoms in total. The number of nitrogen functional groups attached to an aromatic ring is 1. The van der Waals surface area contributed by atoms with E-state index in [2.05, 4.69) is 11.6 Å². The van der Waals surface area contributed by atoms with Gasteiger partial charge in [0.1, 0.15) is 11.5 Å². The van der Waals surface area contributed by atoms with E-state index in [1.807, 2.05) is 0 Å². The molecular formula is C13H8Cl2F3N3O. The average molecular weight is 350 g/mol. The van der Waals surface area contributed by atoms with Crippen LogP contribution in [0.2, 0.25) is 10.0 Å². The number of aromatic nitrogens is 2. The first-order valence-electron chi connectivity index (χ1n) is 5.74. The molecule has 1 heterocycles. The van der Waals surface area contributed by atoms with Crippen molar-refractivity contribution >= 4 is 35.1 Å². The predicted molar refractivity (Wildman–Crippen MR) is 79.8 cm³/mol. The van der Waals surface area contributed by atoms with Crippen LogP contribution in [0.15, 0.2) is 29.6 Å². The van der Waals surface area contributed by atoms with Crippen LogP contribution >= 0.6 is 23.2 Å². The van der Waals surface area contributed by atoms with Gasteiger partial charge in [0.25, 0.3) is 5.56 Å². The van der Waals surface area contributed by atoms with Gasteiger partial charge < -0.3 is 5.73 Å². The van der Waals surface area contributed by atoms with Crippen LogP contribution in [0.3, 0.4) is 0 Å². The van der Waals surface area contributed by atoms with Gasteiger partial charge in [-0.25, -0.2) is 4.98 Å². The first-order chi connectivity index (χ1) is 10.2. The molecule has 0 unspecified atom stereocenters. The Labute approximate surface area is 132 Å². The van der Waals surface area contributed by atoms with Gasteiger partial charge in [-0.05, 0) is 18.2 Å². The van der Waals surface area contributed by atoms with Crippen LogP contribution in [0.4, 0.5) is 18.9 Å².